The number of aromatic nitrogens is 2. The average Bonchev–Trinajstić information content (AvgIpc) is 2.78. The first-order valence-electron chi connectivity index (χ1n) is 7.16. The highest BCUT2D eigenvalue weighted by atomic mass is 15.2. The Morgan fingerprint density at radius 3 is 2.63 bits per heavy atom. The van der Waals surface area contributed by atoms with Crippen LogP contribution in [0.15, 0.2) is 24.3 Å². The van der Waals surface area contributed by atoms with Crippen LogP contribution >= 0.6 is 0 Å². The van der Waals surface area contributed by atoms with Crippen molar-refractivity contribution in [2.24, 2.45) is 5.73 Å². The third-order valence-corrected chi connectivity index (χ3v) is 3.64. The van der Waals surface area contributed by atoms with Gasteiger partial charge in [-0.05, 0) is 31.8 Å². The van der Waals surface area contributed by atoms with Gasteiger partial charge in [0.2, 0.25) is 0 Å². The van der Waals surface area contributed by atoms with Crippen LogP contribution in [0.2, 0.25) is 0 Å². The first-order chi connectivity index (χ1) is 9.30. The van der Waals surface area contributed by atoms with Crippen LogP contribution in [-0.2, 0) is 13.0 Å². The Morgan fingerprint density at radius 1 is 1.21 bits per heavy atom. The molecule has 0 saturated heterocycles. The van der Waals surface area contributed by atoms with E-state index in [1.807, 2.05) is 6.07 Å². The second-order valence-electron chi connectivity index (χ2n) is 4.73. The molecule has 2 N–H and O–H groups in total. The molecule has 0 saturated carbocycles. The molecule has 2 rings (SSSR count). The number of para-hydroxylation sites is 2. The van der Waals surface area contributed by atoms with Crippen LogP contribution in [0.4, 0.5) is 0 Å². The summed E-state index contributed by atoms with van der Waals surface area (Å²) in [5.41, 5.74) is 7.99. The molecule has 0 unspecified atom stereocenters. The summed E-state index contributed by atoms with van der Waals surface area (Å²) in [5.74, 6) is 1.11. The number of rotatable bonds is 7. The lowest BCUT2D eigenvalue weighted by Crippen LogP contribution is -2.27. The van der Waals surface area contributed by atoms with Crippen molar-refractivity contribution in [3.8, 4) is 0 Å². The van der Waals surface area contributed by atoms with Gasteiger partial charge in [-0.3, -0.25) is 0 Å². The van der Waals surface area contributed by atoms with Crippen molar-refractivity contribution in [1.29, 1.82) is 0 Å². The highest BCUT2D eigenvalue weighted by molar-refractivity contribution is 5.75. The van der Waals surface area contributed by atoms with Gasteiger partial charge in [-0.25, -0.2) is 4.98 Å². The van der Waals surface area contributed by atoms with Crippen molar-refractivity contribution < 1.29 is 0 Å². The number of imidazole rings is 1. The number of benzene rings is 1. The first kappa shape index (κ1) is 14.0. The summed E-state index contributed by atoms with van der Waals surface area (Å²) in [6.07, 6.45) is 0.840. The van der Waals surface area contributed by atoms with Crippen molar-refractivity contribution in [2.75, 3.05) is 26.2 Å². The van der Waals surface area contributed by atoms with Gasteiger partial charge in [0.05, 0.1) is 11.0 Å². The monoisotopic (exact) mass is 260 g/mol. The number of fused-ring (bicyclic) bond motifs is 1. The predicted octanol–water partition coefficient (Wildman–Crippen LogP) is 1.88. The molecule has 1 aromatic carbocycles. The van der Waals surface area contributed by atoms with E-state index in [-0.39, 0.29) is 0 Å². The van der Waals surface area contributed by atoms with Gasteiger partial charge < -0.3 is 15.2 Å². The highest BCUT2D eigenvalue weighted by Crippen LogP contribution is 2.16. The molecule has 1 aromatic heterocycles. The number of nitrogens with two attached hydrogens (primary N) is 1. The van der Waals surface area contributed by atoms with Gasteiger partial charge in [-0.1, -0.05) is 26.0 Å². The lowest BCUT2D eigenvalue weighted by molar-refractivity contribution is 0.290. The molecule has 4 nitrogen and oxygen atoms in total. The number of likely N-dealkylation sites (N-methyl/N-ethyl adjacent to an activating group) is 1. The maximum atomic E-state index is 5.70. The second-order valence-corrected chi connectivity index (χ2v) is 4.73. The van der Waals surface area contributed by atoms with Gasteiger partial charge in [0.1, 0.15) is 5.82 Å². The van der Waals surface area contributed by atoms with Gasteiger partial charge in [0.15, 0.2) is 0 Å². The molecule has 0 bridgehead atoms. The molecule has 0 aliphatic rings. The van der Waals surface area contributed by atoms with E-state index < -0.39 is 0 Å². The molecule has 19 heavy (non-hydrogen) atoms. The molecule has 0 fully saturated rings. The SMILES string of the molecule is CCN(CC)CCn1c(CCN)nc2ccccc21. The fourth-order valence-electron chi connectivity index (χ4n) is 2.48. The van der Waals surface area contributed by atoms with Gasteiger partial charge in [-0.2, -0.15) is 0 Å². The summed E-state index contributed by atoms with van der Waals surface area (Å²) < 4.78 is 2.32. The van der Waals surface area contributed by atoms with Crippen molar-refractivity contribution in [3.63, 3.8) is 0 Å². The zero-order valence-electron chi connectivity index (χ0n) is 12.0. The molecule has 0 aliphatic heterocycles. The quantitative estimate of drug-likeness (QED) is 0.827. The Kier molecular flexibility index (Phi) is 4.93. The maximum absolute atomic E-state index is 5.70. The van der Waals surface area contributed by atoms with E-state index in [2.05, 4.69) is 41.5 Å². The topological polar surface area (TPSA) is 47.1 Å². The minimum atomic E-state index is 0.647. The summed E-state index contributed by atoms with van der Waals surface area (Å²) >= 11 is 0. The third kappa shape index (κ3) is 3.14. The van der Waals surface area contributed by atoms with Crippen molar-refractivity contribution in [1.82, 2.24) is 14.5 Å². The standard InChI is InChI=1S/C15H24N4/c1-3-18(4-2)11-12-19-14-8-6-5-7-13(14)17-15(19)9-10-16/h5-8H,3-4,9-12,16H2,1-2H3. The Morgan fingerprint density at radius 2 is 1.95 bits per heavy atom. The van der Waals surface area contributed by atoms with Crippen LogP contribution in [-0.4, -0.2) is 40.6 Å². The van der Waals surface area contributed by atoms with Gasteiger partial charge in [0.25, 0.3) is 0 Å². The van der Waals surface area contributed by atoms with E-state index in [0.29, 0.717) is 6.54 Å². The molecule has 2 aromatic rings. The summed E-state index contributed by atoms with van der Waals surface area (Å²) in [5, 5.41) is 0. The van der Waals surface area contributed by atoms with Gasteiger partial charge >= 0.3 is 0 Å². The van der Waals surface area contributed by atoms with Crippen molar-refractivity contribution in [3.05, 3.63) is 30.1 Å². The summed E-state index contributed by atoms with van der Waals surface area (Å²) in [6.45, 7) is 9.29. The molecular weight excluding hydrogens is 236 g/mol. The Balaban J connectivity index is 2.25. The van der Waals surface area contributed by atoms with E-state index in [1.165, 1.54) is 5.52 Å². The van der Waals surface area contributed by atoms with E-state index in [9.17, 15) is 0 Å². The number of hydrogen-bond acceptors (Lipinski definition) is 3. The predicted molar refractivity (Wildman–Crippen MR) is 80.3 cm³/mol. The summed E-state index contributed by atoms with van der Waals surface area (Å²) in [7, 11) is 0. The van der Waals surface area contributed by atoms with Gasteiger partial charge in [-0.15, -0.1) is 0 Å². The molecule has 0 spiro atoms. The van der Waals surface area contributed by atoms with E-state index in [4.69, 9.17) is 10.7 Å². The van der Waals surface area contributed by atoms with E-state index >= 15 is 0 Å². The van der Waals surface area contributed by atoms with Crippen LogP contribution in [0, 0.1) is 0 Å². The molecule has 4 heteroatoms. The lowest BCUT2D eigenvalue weighted by atomic mass is 10.3. The fourth-order valence-corrected chi connectivity index (χ4v) is 2.48. The van der Waals surface area contributed by atoms with Crippen LogP contribution in [0.3, 0.4) is 0 Å². The lowest BCUT2D eigenvalue weighted by Gasteiger charge is -2.19. The Labute approximate surface area is 115 Å². The van der Waals surface area contributed by atoms with Crippen LogP contribution in [0.1, 0.15) is 19.7 Å². The largest absolute Gasteiger partial charge is 0.330 e. The third-order valence-electron chi connectivity index (χ3n) is 3.64. The van der Waals surface area contributed by atoms with Crippen LogP contribution < -0.4 is 5.73 Å². The van der Waals surface area contributed by atoms with Crippen molar-refractivity contribution in [2.45, 2.75) is 26.8 Å². The smallest absolute Gasteiger partial charge is 0.111 e. The average molecular weight is 260 g/mol. The molecule has 0 aliphatic carbocycles. The maximum Gasteiger partial charge on any atom is 0.111 e. The zero-order valence-corrected chi connectivity index (χ0v) is 12.0. The molecule has 0 amide bonds. The van der Waals surface area contributed by atoms with E-state index in [1.54, 1.807) is 0 Å². The minimum absolute atomic E-state index is 0.647. The molecular formula is C15H24N4. The van der Waals surface area contributed by atoms with E-state index in [0.717, 1.165) is 43.9 Å². The molecule has 1 heterocycles. The Hall–Kier alpha value is -1.39. The molecule has 0 radical (unpaired) electrons. The molecule has 104 valence electrons. The van der Waals surface area contributed by atoms with Crippen LogP contribution in [0.5, 0.6) is 0 Å². The van der Waals surface area contributed by atoms with Gasteiger partial charge in [0, 0.05) is 19.5 Å². The second kappa shape index (κ2) is 6.68. The number of nitrogens with zero attached hydrogens (tertiary/aromatic N) is 3. The number of hydrogen-bond donors (Lipinski definition) is 1. The molecule has 0 atom stereocenters. The highest BCUT2D eigenvalue weighted by Gasteiger charge is 2.10. The summed E-state index contributed by atoms with van der Waals surface area (Å²) in [4.78, 5) is 7.13. The first-order valence-corrected chi connectivity index (χ1v) is 7.16. The van der Waals surface area contributed by atoms with Crippen LogP contribution in [0.25, 0.3) is 11.0 Å². The summed E-state index contributed by atoms with van der Waals surface area (Å²) in [6, 6.07) is 8.33. The Bertz CT molecular complexity index is 514. The normalized spacial score (nSPS) is 11.6. The minimum Gasteiger partial charge on any atom is -0.330 e. The zero-order chi connectivity index (χ0) is 13.7. The van der Waals surface area contributed by atoms with Crippen molar-refractivity contribution >= 4 is 11.0 Å². The fraction of sp³-hybridized carbons (Fsp3) is 0.533.